The molecule has 2 heteroatoms. The zero-order chi connectivity index (χ0) is 5.56. The van der Waals surface area contributed by atoms with E-state index in [2.05, 4.69) is 0 Å². The van der Waals surface area contributed by atoms with Crippen LogP contribution in [0.5, 0.6) is 0 Å². The summed E-state index contributed by atoms with van der Waals surface area (Å²) < 4.78 is 5.34. The molecule has 2 aliphatic rings. The van der Waals surface area contributed by atoms with E-state index in [4.69, 9.17) is 10.5 Å². The minimum atomic E-state index is 0.417. The predicted octanol–water partition coefficient (Wildman–Crippen LogP) is -0.0200. The largest absolute Gasteiger partial charge is 0.376 e. The highest BCUT2D eigenvalue weighted by Crippen LogP contribution is 2.47. The number of ether oxygens (including phenoxy) is 1. The van der Waals surface area contributed by atoms with Gasteiger partial charge in [-0.1, -0.05) is 0 Å². The molecule has 0 aromatic rings. The van der Waals surface area contributed by atoms with Gasteiger partial charge in [-0.05, 0) is 18.3 Å². The first kappa shape index (κ1) is 4.77. The lowest BCUT2D eigenvalue weighted by Crippen LogP contribution is -2.22. The first-order chi connectivity index (χ1) is 3.92. The summed E-state index contributed by atoms with van der Waals surface area (Å²) in [4.78, 5) is 0. The molecule has 0 aromatic heterocycles. The van der Waals surface area contributed by atoms with Gasteiger partial charge in [0.2, 0.25) is 0 Å². The maximum atomic E-state index is 5.43. The lowest BCUT2D eigenvalue weighted by atomic mass is 10.2. The molecule has 2 N–H and O–H groups in total. The Balaban J connectivity index is 1.97. The van der Waals surface area contributed by atoms with Crippen LogP contribution in [0.15, 0.2) is 0 Å². The Kier molecular flexibility index (Phi) is 0.866. The van der Waals surface area contributed by atoms with E-state index in [1.54, 1.807) is 0 Å². The Morgan fingerprint density at radius 1 is 1.62 bits per heavy atom. The molecular weight excluding hydrogens is 102 g/mol. The van der Waals surface area contributed by atoms with Crippen LogP contribution in [0.4, 0.5) is 0 Å². The second-order valence-corrected chi connectivity index (χ2v) is 2.77. The molecule has 0 aromatic carbocycles. The summed E-state index contributed by atoms with van der Waals surface area (Å²) >= 11 is 0. The topological polar surface area (TPSA) is 35.2 Å². The third kappa shape index (κ3) is 0.501. The van der Waals surface area contributed by atoms with E-state index < -0.39 is 0 Å². The standard InChI is InChI=1S/C6H11NO/c7-2-6-5-1-4(5)3-8-6/h4-6H,1-3,7H2/t4-,5-,6-/m0/s1. The Morgan fingerprint density at radius 3 is 2.75 bits per heavy atom. The third-order valence-corrected chi connectivity index (χ3v) is 2.21. The zero-order valence-corrected chi connectivity index (χ0v) is 4.84. The Labute approximate surface area is 49.0 Å². The molecule has 0 spiro atoms. The van der Waals surface area contributed by atoms with Gasteiger partial charge in [0.05, 0.1) is 12.7 Å². The number of rotatable bonds is 1. The molecule has 0 unspecified atom stereocenters. The quantitative estimate of drug-likeness (QED) is 0.518. The molecule has 1 aliphatic carbocycles. The molecule has 1 saturated carbocycles. The number of hydrogen-bond donors (Lipinski definition) is 1. The molecule has 2 nitrogen and oxygen atoms in total. The third-order valence-electron chi connectivity index (χ3n) is 2.21. The van der Waals surface area contributed by atoms with Gasteiger partial charge in [0, 0.05) is 6.54 Å². The summed E-state index contributed by atoms with van der Waals surface area (Å²) in [5.41, 5.74) is 5.43. The lowest BCUT2D eigenvalue weighted by Gasteiger charge is -2.06. The molecule has 46 valence electrons. The summed E-state index contributed by atoms with van der Waals surface area (Å²) in [7, 11) is 0. The van der Waals surface area contributed by atoms with Crippen molar-refractivity contribution in [1.29, 1.82) is 0 Å². The monoisotopic (exact) mass is 113 g/mol. The van der Waals surface area contributed by atoms with Crippen LogP contribution in [0.2, 0.25) is 0 Å². The van der Waals surface area contributed by atoms with Crippen LogP contribution in [-0.2, 0) is 4.74 Å². The van der Waals surface area contributed by atoms with Crippen molar-refractivity contribution in [2.24, 2.45) is 17.6 Å². The fraction of sp³-hybridized carbons (Fsp3) is 1.00. The average molecular weight is 113 g/mol. The highest BCUT2D eigenvalue weighted by Gasteiger charge is 2.48. The van der Waals surface area contributed by atoms with Crippen LogP contribution >= 0.6 is 0 Å². The summed E-state index contributed by atoms with van der Waals surface area (Å²) in [6, 6.07) is 0. The van der Waals surface area contributed by atoms with Gasteiger partial charge in [-0.15, -0.1) is 0 Å². The molecule has 1 aliphatic heterocycles. The summed E-state index contributed by atoms with van der Waals surface area (Å²) in [5, 5.41) is 0. The number of hydrogen-bond acceptors (Lipinski definition) is 2. The first-order valence-corrected chi connectivity index (χ1v) is 3.23. The molecular formula is C6H11NO. The predicted molar refractivity (Wildman–Crippen MR) is 30.4 cm³/mol. The Morgan fingerprint density at radius 2 is 2.50 bits per heavy atom. The van der Waals surface area contributed by atoms with E-state index in [0.29, 0.717) is 6.10 Å². The van der Waals surface area contributed by atoms with Crippen molar-refractivity contribution in [2.45, 2.75) is 12.5 Å². The fourth-order valence-electron chi connectivity index (χ4n) is 1.53. The zero-order valence-electron chi connectivity index (χ0n) is 4.84. The van der Waals surface area contributed by atoms with E-state index in [9.17, 15) is 0 Å². The summed E-state index contributed by atoms with van der Waals surface area (Å²) in [6.07, 6.45) is 1.79. The van der Waals surface area contributed by atoms with E-state index >= 15 is 0 Å². The highest BCUT2D eigenvalue weighted by atomic mass is 16.5. The molecule has 1 saturated heterocycles. The molecule has 2 fully saturated rings. The number of nitrogens with two attached hydrogens (primary N) is 1. The summed E-state index contributed by atoms with van der Waals surface area (Å²) in [6.45, 7) is 1.70. The molecule has 0 radical (unpaired) electrons. The van der Waals surface area contributed by atoms with E-state index in [1.807, 2.05) is 0 Å². The minimum Gasteiger partial charge on any atom is -0.376 e. The van der Waals surface area contributed by atoms with Crippen molar-refractivity contribution < 1.29 is 4.74 Å². The van der Waals surface area contributed by atoms with E-state index in [-0.39, 0.29) is 0 Å². The van der Waals surface area contributed by atoms with Crippen molar-refractivity contribution >= 4 is 0 Å². The van der Waals surface area contributed by atoms with Crippen LogP contribution in [0.3, 0.4) is 0 Å². The molecule has 1 heterocycles. The normalized spacial score (nSPS) is 51.4. The minimum absolute atomic E-state index is 0.417. The Bertz CT molecular complexity index is 105. The molecule has 3 atom stereocenters. The van der Waals surface area contributed by atoms with E-state index in [0.717, 1.165) is 25.0 Å². The average Bonchev–Trinajstić information content (AvgIpc) is 2.46. The van der Waals surface area contributed by atoms with Crippen molar-refractivity contribution in [3.8, 4) is 0 Å². The number of fused-ring (bicyclic) bond motifs is 1. The lowest BCUT2D eigenvalue weighted by molar-refractivity contribution is 0.0859. The van der Waals surface area contributed by atoms with Gasteiger partial charge < -0.3 is 10.5 Å². The van der Waals surface area contributed by atoms with Crippen LogP contribution in [0.25, 0.3) is 0 Å². The van der Waals surface area contributed by atoms with Crippen molar-refractivity contribution in [3.05, 3.63) is 0 Å². The maximum Gasteiger partial charge on any atom is 0.0729 e. The van der Waals surface area contributed by atoms with Crippen LogP contribution < -0.4 is 5.73 Å². The molecule has 0 amide bonds. The van der Waals surface area contributed by atoms with Crippen molar-refractivity contribution in [1.82, 2.24) is 0 Å². The van der Waals surface area contributed by atoms with Gasteiger partial charge in [-0.3, -0.25) is 0 Å². The van der Waals surface area contributed by atoms with Crippen molar-refractivity contribution in [2.75, 3.05) is 13.2 Å². The van der Waals surface area contributed by atoms with Crippen LogP contribution in [0.1, 0.15) is 6.42 Å². The van der Waals surface area contributed by atoms with Crippen LogP contribution in [-0.4, -0.2) is 19.3 Å². The van der Waals surface area contributed by atoms with Crippen LogP contribution in [0, 0.1) is 11.8 Å². The fourth-order valence-corrected chi connectivity index (χ4v) is 1.53. The van der Waals surface area contributed by atoms with Gasteiger partial charge >= 0.3 is 0 Å². The van der Waals surface area contributed by atoms with Gasteiger partial charge in [0.15, 0.2) is 0 Å². The smallest absolute Gasteiger partial charge is 0.0729 e. The van der Waals surface area contributed by atoms with E-state index in [1.165, 1.54) is 6.42 Å². The molecule has 0 bridgehead atoms. The van der Waals surface area contributed by atoms with Gasteiger partial charge in [-0.25, -0.2) is 0 Å². The first-order valence-electron chi connectivity index (χ1n) is 3.23. The highest BCUT2D eigenvalue weighted by molar-refractivity contribution is 4.97. The SMILES string of the molecule is NC[C@@H]1OC[C@@H]2C[C@@H]21. The second-order valence-electron chi connectivity index (χ2n) is 2.77. The molecule has 2 rings (SSSR count). The summed E-state index contributed by atoms with van der Waals surface area (Å²) in [5.74, 6) is 1.74. The maximum absolute atomic E-state index is 5.43. The van der Waals surface area contributed by atoms with Crippen molar-refractivity contribution in [3.63, 3.8) is 0 Å². The van der Waals surface area contributed by atoms with Gasteiger partial charge in [-0.2, -0.15) is 0 Å². The Hall–Kier alpha value is -0.0800. The molecule has 8 heavy (non-hydrogen) atoms. The van der Waals surface area contributed by atoms with Gasteiger partial charge in [0.1, 0.15) is 0 Å². The second kappa shape index (κ2) is 1.45. The van der Waals surface area contributed by atoms with Gasteiger partial charge in [0.25, 0.3) is 0 Å².